The Hall–Kier alpha value is -3.00. The van der Waals surface area contributed by atoms with Gasteiger partial charge in [-0.25, -0.2) is 0 Å². The van der Waals surface area contributed by atoms with Gasteiger partial charge in [0.2, 0.25) is 0 Å². The number of amides is 1. The van der Waals surface area contributed by atoms with Crippen LogP contribution in [0.2, 0.25) is 0 Å². The van der Waals surface area contributed by atoms with Crippen molar-refractivity contribution >= 4 is 11.9 Å². The monoisotopic (exact) mass is 413 g/mol. The number of hydrogen-bond acceptors (Lipinski definition) is 5. The Labute approximate surface area is 178 Å². The molecule has 1 unspecified atom stereocenters. The topological polar surface area (TPSA) is 73.6 Å². The van der Waals surface area contributed by atoms with Crippen LogP contribution in [0, 0.1) is 0 Å². The van der Waals surface area contributed by atoms with Gasteiger partial charge < -0.3 is 29.2 Å². The Morgan fingerprint density at radius 3 is 2.47 bits per heavy atom. The highest BCUT2D eigenvalue weighted by Gasteiger charge is 2.26. The summed E-state index contributed by atoms with van der Waals surface area (Å²) in [6, 6.07) is 11.6. The van der Waals surface area contributed by atoms with Gasteiger partial charge in [0.05, 0.1) is 19.4 Å². The van der Waals surface area contributed by atoms with E-state index in [1.54, 1.807) is 26.3 Å². The van der Waals surface area contributed by atoms with Crippen LogP contribution < -0.4 is 10.1 Å². The molecular formula is C22H31N5O3. The van der Waals surface area contributed by atoms with Crippen molar-refractivity contribution in [2.45, 2.75) is 6.04 Å². The molecule has 3 rings (SSSR count). The molecule has 1 fully saturated rings. The van der Waals surface area contributed by atoms with Gasteiger partial charge in [-0.1, -0.05) is 18.2 Å². The summed E-state index contributed by atoms with van der Waals surface area (Å²) in [6.07, 6.45) is 1.53. The van der Waals surface area contributed by atoms with E-state index in [-0.39, 0.29) is 11.9 Å². The maximum Gasteiger partial charge on any atom is 0.289 e. The second-order valence-electron chi connectivity index (χ2n) is 7.41. The number of methoxy groups -OCH3 is 1. The number of nitrogens with one attached hydrogen (secondary N) is 1. The van der Waals surface area contributed by atoms with Crippen molar-refractivity contribution in [1.29, 1.82) is 0 Å². The molecular weight excluding hydrogens is 382 g/mol. The van der Waals surface area contributed by atoms with Gasteiger partial charge in [0.1, 0.15) is 5.75 Å². The molecule has 8 heteroatoms. The number of furan rings is 1. The molecule has 30 heavy (non-hydrogen) atoms. The van der Waals surface area contributed by atoms with Crippen molar-refractivity contribution in [3.63, 3.8) is 0 Å². The molecule has 1 N–H and O–H groups in total. The third kappa shape index (κ3) is 4.94. The third-order valence-corrected chi connectivity index (χ3v) is 5.38. The van der Waals surface area contributed by atoms with Crippen molar-refractivity contribution in [2.24, 2.45) is 4.99 Å². The lowest BCUT2D eigenvalue weighted by molar-refractivity contribution is 0.0657. The number of para-hydroxylation sites is 1. The summed E-state index contributed by atoms with van der Waals surface area (Å²) >= 11 is 0. The van der Waals surface area contributed by atoms with E-state index in [4.69, 9.17) is 9.15 Å². The van der Waals surface area contributed by atoms with Crippen LogP contribution in [0.4, 0.5) is 0 Å². The zero-order valence-corrected chi connectivity index (χ0v) is 18.2. The van der Waals surface area contributed by atoms with E-state index in [0.29, 0.717) is 38.5 Å². The third-order valence-electron chi connectivity index (χ3n) is 5.38. The van der Waals surface area contributed by atoms with E-state index < -0.39 is 0 Å². The van der Waals surface area contributed by atoms with Crippen LogP contribution >= 0.6 is 0 Å². The number of piperazine rings is 1. The number of rotatable bonds is 6. The average Bonchev–Trinajstić information content (AvgIpc) is 3.31. The first-order chi connectivity index (χ1) is 14.5. The molecule has 1 aliphatic heterocycles. The Morgan fingerprint density at radius 2 is 1.87 bits per heavy atom. The number of nitrogens with zero attached hydrogens (tertiary/aromatic N) is 4. The van der Waals surface area contributed by atoms with Gasteiger partial charge >= 0.3 is 0 Å². The second-order valence-corrected chi connectivity index (χ2v) is 7.41. The molecule has 1 aromatic heterocycles. The smallest absolute Gasteiger partial charge is 0.289 e. The normalized spacial score (nSPS) is 16.0. The summed E-state index contributed by atoms with van der Waals surface area (Å²) in [6.45, 7) is 3.38. The Kier molecular flexibility index (Phi) is 7.35. The van der Waals surface area contributed by atoms with Gasteiger partial charge in [-0.15, -0.1) is 0 Å². The first-order valence-electron chi connectivity index (χ1n) is 10.1. The molecule has 8 nitrogen and oxygen atoms in total. The molecule has 0 bridgehead atoms. The number of benzene rings is 1. The molecule has 2 aromatic rings. The molecule has 1 saturated heterocycles. The highest BCUT2D eigenvalue weighted by molar-refractivity contribution is 5.91. The molecule has 0 aliphatic carbocycles. The van der Waals surface area contributed by atoms with Gasteiger partial charge in [0.15, 0.2) is 11.7 Å². The lowest BCUT2D eigenvalue weighted by atomic mass is 10.0. The van der Waals surface area contributed by atoms with Crippen LogP contribution in [-0.2, 0) is 0 Å². The standard InChI is InChI=1S/C22H31N5O3/c1-23-22(24-16-18(25(2)3)17-8-5-6-9-19(17)29-4)27-13-11-26(12-14-27)21(28)20-10-7-15-30-20/h5-10,15,18H,11-14,16H2,1-4H3,(H,23,24). The van der Waals surface area contributed by atoms with Gasteiger partial charge in [-0.3, -0.25) is 9.79 Å². The number of ether oxygens (including phenoxy) is 1. The van der Waals surface area contributed by atoms with Crippen LogP contribution in [0.1, 0.15) is 22.2 Å². The zero-order valence-electron chi connectivity index (χ0n) is 18.2. The minimum Gasteiger partial charge on any atom is -0.496 e. The van der Waals surface area contributed by atoms with Gasteiger partial charge in [-0.2, -0.15) is 0 Å². The number of aliphatic imine (C=N–C) groups is 1. The van der Waals surface area contributed by atoms with Gasteiger partial charge in [0.25, 0.3) is 5.91 Å². The molecule has 162 valence electrons. The number of carbonyl (C=O) groups excluding carboxylic acids is 1. The Balaban J connectivity index is 1.59. The van der Waals surface area contributed by atoms with Gasteiger partial charge in [0, 0.05) is 45.3 Å². The van der Waals surface area contributed by atoms with E-state index >= 15 is 0 Å². The van der Waals surface area contributed by atoms with E-state index in [2.05, 4.69) is 40.3 Å². The van der Waals surface area contributed by atoms with Crippen molar-refractivity contribution in [3.05, 3.63) is 54.0 Å². The van der Waals surface area contributed by atoms with E-state index in [9.17, 15) is 4.79 Å². The summed E-state index contributed by atoms with van der Waals surface area (Å²) in [4.78, 5) is 23.1. The average molecular weight is 414 g/mol. The molecule has 1 atom stereocenters. The minimum absolute atomic E-state index is 0.0635. The molecule has 0 spiro atoms. The van der Waals surface area contributed by atoms with Crippen molar-refractivity contribution in [2.75, 3.05) is 61.0 Å². The first kappa shape index (κ1) is 21.7. The summed E-state index contributed by atoms with van der Waals surface area (Å²) in [5, 5.41) is 3.50. The summed E-state index contributed by atoms with van der Waals surface area (Å²) in [5.41, 5.74) is 1.13. The van der Waals surface area contributed by atoms with Crippen molar-refractivity contribution in [1.82, 2.24) is 20.0 Å². The Morgan fingerprint density at radius 1 is 1.17 bits per heavy atom. The van der Waals surface area contributed by atoms with Crippen molar-refractivity contribution in [3.8, 4) is 5.75 Å². The SMILES string of the molecule is CN=C(NCC(c1ccccc1OC)N(C)C)N1CCN(C(=O)c2ccco2)CC1. The number of guanidine groups is 1. The molecule has 2 heterocycles. The number of hydrogen-bond donors (Lipinski definition) is 1. The van der Waals surface area contributed by atoms with Crippen LogP contribution in [0.3, 0.4) is 0 Å². The molecule has 1 aromatic carbocycles. The minimum atomic E-state index is -0.0635. The molecule has 1 amide bonds. The summed E-state index contributed by atoms with van der Waals surface area (Å²) in [5.74, 6) is 2.03. The van der Waals surface area contributed by atoms with Crippen LogP contribution in [0.5, 0.6) is 5.75 Å². The fourth-order valence-corrected chi connectivity index (χ4v) is 3.71. The predicted molar refractivity (Wildman–Crippen MR) is 117 cm³/mol. The fourth-order valence-electron chi connectivity index (χ4n) is 3.71. The van der Waals surface area contributed by atoms with Crippen LogP contribution in [-0.4, -0.2) is 87.5 Å². The van der Waals surface area contributed by atoms with E-state index in [1.165, 1.54) is 6.26 Å². The second kappa shape index (κ2) is 10.2. The zero-order chi connectivity index (χ0) is 21.5. The summed E-state index contributed by atoms with van der Waals surface area (Å²) in [7, 11) is 7.60. The molecule has 0 radical (unpaired) electrons. The van der Waals surface area contributed by atoms with Crippen LogP contribution in [0.15, 0.2) is 52.1 Å². The number of likely N-dealkylation sites (N-methyl/N-ethyl adjacent to an activating group) is 1. The molecule has 1 aliphatic rings. The molecule has 0 saturated carbocycles. The highest BCUT2D eigenvalue weighted by atomic mass is 16.5. The predicted octanol–water partition coefficient (Wildman–Crippen LogP) is 1.92. The lowest BCUT2D eigenvalue weighted by Gasteiger charge is -2.37. The Bertz CT molecular complexity index is 842. The highest BCUT2D eigenvalue weighted by Crippen LogP contribution is 2.27. The largest absolute Gasteiger partial charge is 0.496 e. The van der Waals surface area contributed by atoms with Crippen molar-refractivity contribution < 1.29 is 13.9 Å². The lowest BCUT2D eigenvalue weighted by Crippen LogP contribution is -2.54. The first-order valence-corrected chi connectivity index (χ1v) is 10.1. The summed E-state index contributed by atoms with van der Waals surface area (Å²) < 4.78 is 10.8. The maximum atomic E-state index is 12.5. The fraction of sp³-hybridized carbons (Fsp3) is 0.455. The number of carbonyl (C=O) groups is 1. The maximum absolute atomic E-state index is 12.5. The quantitative estimate of drug-likeness (QED) is 0.576. The van der Waals surface area contributed by atoms with Crippen LogP contribution in [0.25, 0.3) is 0 Å². The van der Waals surface area contributed by atoms with E-state index in [1.807, 2.05) is 23.1 Å². The van der Waals surface area contributed by atoms with Gasteiger partial charge in [-0.05, 0) is 32.3 Å². The van der Waals surface area contributed by atoms with E-state index in [0.717, 1.165) is 17.3 Å².